The van der Waals surface area contributed by atoms with E-state index in [-0.39, 0.29) is 5.54 Å². The lowest BCUT2D eigenvalue weighted by Crippen LogP contribution is -2.36. The van der Waals surface area contributed by atoms with E-state index in [1.165, 1.54) is 38.8 Å². The number of ether oxygens (including phenoxy) is 1. The maximum Gasteiger partial charge on any atom is 0.0710 e. The van der Waals surface area contributed by atoms with Gasteiger partial charge in [-0.2, -0.15) is 0 Å². The molecule has 1 N–H and O–H groups in total. The lowest BCUT2D eigenvalue weighted by molar-refractivity contribution is 0.108. The zero-order chi connectivity index (χ0) is 12.7. The minimum absolute atomic E-state index is 0.265. The molecule has 0 aromatic carbocycles. The van der Waals surface area contributed by atoms with E-state index in [2.05, 4.69) is 31.0 Å². The zero-order valence-electron chi connectivity index (χ0n) is 12.1. The molecule has 0 aliphatic carbocycles. The Morgan fingerprint density at radius 1 is 1.24 bits per heavy atom. The summed E-state index contributed by atoms with van der Waals surface area (Å²) in [6, 6.07) is 0. The summed E-state index contributed by atoms with van der Waals surface area (Å²) in [5.41, 5.74) is 0.265. The molecule has 1 fully saturated rings. The van der Waals surface area contributed by atoms with Gasteiger partial charge in [-0.25, -0.2) is 0 Å². The van der Waals surface area contributed by atoms with Crippen molar-refractivity contribution in [2.24, 2.45) is 0 Å². The number of rotatable bonds is 7. The first-order chi connectivity index (χ1) is 8.01. The van der Waals surface area contributed by atoms with Crippen LogP contribution >= 0.6 is 0 Å². The number of unbranched alkanes of at least 4 members (excludes halogenated alkanes) is 2. The van der Waals surface area contributed by atoms with Crippen LogP contribution in [0.25, 0.3) is 0 Å². The number of likely N-dealkylation sites (tertiary alicyclic amines) is 1. The molecule has 3 nitrogen and oxygen atoms in total. The van der Waals surface area contributed by atoms with E-state index < -0.39 is 0 Å². The summed E-state index contributed by atoms with van der Waals surface area (Å²) in [6.07, 6.45) is 5.64. The van der Waals surface area contributed by atoms with Crippen LogP contribution in [0.15, 0.2) is 0 Å². The second-order valence-corrected chi connectivity index (χ2v) is 6.18. The fourth-order valence-corrected chi connectivity index (χ4v) is 2.29. The van der Waals surface area contributed by atoms with Crippen molar-refractivity contribution in [2.45, 2.75) is 58.1 Å². The highest BCUT2D eigenvalue weighted by atomic mass is 16.5. The highest BCUT2D eigenvalue weighted by molar-refractivity contribution is 4.75. The second-order valence-electron chi connectivity index (χ2n) is 6.18. The number of hydrogen-bond acceptors (Lipinski definition) is 3. The molecule has 0 aromatic heterocycles. The second kappa shape index (κ2) is 7.34. The van der Waals surface area contributed by atoms with Crippen molar-refractivity contribution in [1.29, 1.82) is 0 Å². The molecule has 3 heteroatoms. The van der Waals surface area contributed by atoms with Crippen LogP contribution in [-0.2, 0) is 4.74 Å². The van der Waals surface area contributed by atoms with Crippen molar-refractivity contribution in [1.82, 2.24) is 10.2 Å². The lowest BCUT2D eigenvalue weighted by atomic mass is 10.1. The smallest absolute Gasteiger partial charge is 0.0710 e. The minimum Gasteiger partial charge on any atom is -0.380 e. The van der Waals surface area contributed by atoms with Gasteiger partial charge in [0.25, 0.3) is 0 Å². The molecule has 1 saturated heterocycles. The molecule has 1 atom stereocenters. The predicted octanol–water partition coefficient (Wildman–Crippen LogP) is 2.27. The van der Waals surface area contributed by atoms with Gasteiger partial charge in [0, 0.05) is 25.7 Å². The molecule has 0 saturated carbocycles. The summed E-state index contributed by atoms with van der Waals surface area (Å²) in [4.78, 5) is 2.53. The van der Waals surface area contributed by atoms with E-state index in [0.717, 1.165) is 13.1 Å². The Morgan fingerprint density at radius 3 is 2.59 bits per heavy atom. The first-order valence-corrected chi connectivity index (χ1v) is 7.01. The maximum absolute atomic E-state index is 5.37. The largest absolute Gasteiger partial charge is 0.380 e. The normalized spacial score (nSPS) is 22.2. The van der Waals surface area contributed by atoms with Gasteiger partial charge >= 0.3 is 0 Å². The van der Waals surface area contributed by atoms with Crippen LogP contribution in [0.1, 0.15) is 46.5 Å². The van der Waals surface area contributed by atoms with Crippen molar-refractivity contribution in [3.05, 3.63) is 0 Å². The van der Waals surface area contributed by atoms with E-state index in [4.69, 9.17) is 4.74 Å². The Bertz CT molecular complexity index is 201. The number of nitrogens with zero attached hydrogens (tertiary/aromatic N) is 1. The number of hydrogen-bond donors (Lipinski definition) is 1. The molecule has 0 bridgehead atoms. The van der Waals surface area contributed by atoms with Gasteiger partial charge in [0.1, 0.15) is 0 Å². The summed E-state index contributed by atoms with van der Waals surface area (Å²) < 4.78 is 5.37. The van der Waals surface area contributed by atoms with E-state index in [1.54, 1.807) is 0 Å². The topological polar surface area (TPSA) is 24.5 Å². The third kappa shape index (κ3) is 7.02. The number of methoxy groups -OCH3 is 1. The van der Waals surface area contributed by atoms with Gasteiger partial charge in [-0.15, -0.1) is 0 Å². The SMILES string of the molecule is COC1CCN(CCCCCNC(C)(C)C)C1. The Balaban J connectivity index is 1.91. The Morgan fingerprint density at radius 2 is 2.00 bits per heavy atom. The van der Waals surface area contributed by atoms with E-state index >= 15 is 0 Å². The van der Waals surface area contributed by atoms with E-state index in [1.807, 2.05) is 7.11 Å². The molecule has 0 aromatic rings. The summed E-state index contributed by atoms with van der Waals surface area (Å²) >= 11 is 0. The molecule has 0 radical (unpaired) electrons. The van der Waals surface area contributed by atoms with Gasteiger partial charge in [-0.05, 0) is 53.1 Å². The third-order valence-electron chi connectivity index (χ3n) is 3.37. The zero-order valence-corrected chi connectivity index (χ0v) is 12.1. The average Bonchev–Trinajstić information content (AvgIpc) is 2.69. The van der Waals surface area contributed by atoms with Crippen LogP contribution in [-0.4, -0.2) is 49.8 Å². The third-order valence-corrected chi connectivity index (χ3v) is 3.37. The summed E-state index contributed by atoms with van der Waals surface area (Å²) in [5, 5.41) is 3.53. The molecule has 1 heterocycles. The van der Waals surface area contributed by atoms with Crippen molar-refractivity contribution in [3.8, 4) is 0 Å². The summed E-state index contributed by atoms with van der Waals surface area (Å²) in [6.45, 7) is 11.4. The highest BCUT2D eigenvalue weighted by Crippen LogP contribution is 2.12. The van der Waals surface area contributed by atoms with Crippen LogP contribution in [0.3, 0.4) is 0 Å². The molecule has 1 rings (SSSR count). The Labute approximate surface area is 107 Å². The Hall–Kier alpha value is -0.120. The van der Waals surface area contributed by atoms with Crippen molar-refractivity contribution < 1.29 is 4.74 Å². The molecule has 102 valence electrons. The molecule has 17 heavy (non-hydrogen) atoms. The molecule has 1 aliphatic heterocycles. The maximum atomic E-state index is 5.37. The summed E-state index contributed by atoms with van der Waals surface area (Å²) in [7, 11) is 1.83. The van der Waals surface area contributed by atoms with Crippen LogP contribution in [0.2, 0.25) is 0 Å². The molecule has 1 unspecified atom stereocenters. The van der Waals surface area contributed by atoms with Crippen LogP contribution in [0.4, 0.5) is 0 Å². The van der Waals surface area contributed by atoms with Crippen LogP contribution < -0.4 is 5.32 Å². The predicted molar refractivity (Wildman–Crippen MR) is 73.5 cm³/mol. The van der Waals surface area contributed by atoms with Crippen LogP contribution in [0, 0.1) is 0 Å². The van der Waals surface area contributed by atoms with Gasteiger partial charge in [0.2, 0.25) is 0 Å². The molecular formula is C14H30N2O. The van der Waals surface area contributed by atoms with Gasteiger partial charge < -0.3 is 15.0 Å². The molecular weight excluding hydrogens is 212 g/mol. The fourth-order valence-electron chi connectivity index (χ4n) is 2.29. The van der Waals surface area contributed by atoms with Gasteiger partial charge in [-0.3, -0.25) is 0 Å². The first kappa shape index (κ1) is 14.9. The first-order valence-electron chi connectivity index (χ1n) is 7.01. The van der Waals surface area contributed by atoms with Gasteiger partial charge in [0.15, 0.2) is 0 Å². The van der Waals surface area contributed by atoms with Crippen molar-refractivity contribution >= 4 is 0 Å². The average molecular weight is 242 g/mol. The van der Waals surface area contributed by atoms with E-state index in [0.29, 0.717) is 6.10 Å². The monoisotopic (exact) mass is 242 g/mol. The lowest BCUT2D eigenvalue weighted by Gasteiger charge is -2.20. The fraction of sp³-hybridized carbons (Fsp3) is 1.00. The molecule has 0 spiro atoms. The molecule has 0 amide bonds. The van der Waals surface area contributed by atoms with Crippen molar-refractivity contribution in [3.63, 3.8) is 0 Å². The minimum atomic E-state index is 0.265. The quantitative estimate of drug-likeness (QED) is 0.693. The van der Waals surface area contributed by atoms with Gasteiger partial charge in [0.05, 0.1) is 6.10 Å². The Kier molecular flexibility index (Phi) is 6.45. The van der Waals surface area contributed by atoms with Crippen LogP contribution in [0.5, 0.6) is 0 Å². The summed E-state index contributed by atoms with van der Waals surface area (Å²) in [5.74, 6) is 0. The molecule has 1 aliphatic rings. The standard InChI is InChI=1S/C14H30N2O/c1-14(2,3)15-9-6-5-7-10-16-11-8-13(12-16)17-4/h13,15H,5-12H2,1-4H3. The van der Waals surface area contributed by atoms with E-state index in [9.17, 15) is 0 Å². The highest BCUT2D eigenvalue weighted by Gasteiger charge is 2.20. The van der Waals surface area contributed by atoms with Crippen molar-refractivity contribution in [2.75, 3.05) is 33.3 Å². The van der Waals surface area contributed by atoms with Gasteiger partial charge in [-0.1, -0.05) is 6.42 Å². The number of nitrogens with one attached hydrogen (secondary N) is 1.